The van der Waals surface area contributed by atoms with E-state index in [1.54, 1.807) is 0 Å². The van der Waals surface area contributed by atoms with Crippen LogP contribution in [0, 0.1) is 6.92 Å². The second-order valence-corrected chi connectivity index (χ2v) is 7.58. The smallest absolute Gasteiger partial charge is 0.0126 e. The third-order valence-electron chi connectivity index (χ3n) is 3.47. The predicted octanol–water partition coefficient (Wildman–Crippen LogP) is 4.04. The zero-order chi connectivity index (χ0) is 14.7. The lowest BCUT2D eigenvalue weighted by molar-refractivity contribution is 1.43. The first kappa shape index (κ1) is 14.4. The van der Waals surface area contributed by atoms with Crippen LogP contribution < -0.4 is 15.9 Å². The molecule has 3 aromatic carbocycles. The monoisotopic (exact) mass is 308 g/mol. The Hall–Kier alpha value is -1.56. The molecule has 0 amide bonds. The molecule has 0 N–H and O–H groups in total. The minimum absolute atomic E-state index is 0.564. The van der Waals surface area contributed by atoms with E-state index in [1.807, 2.05) is 0 Å². The van der Waals surface area contributed by atoms with Crippen LogP contribution in [0.5, 0.6) is 0 Å². The highest BCUT2D eigenvalue weighted by atomic mass is 32.1. The zero-order valence-electron chi connectivity index (χ0n) is 11.9. The van der Waals surface area contributed by atoms with Crippen molar-refractivity contribution in [2.75, 3.05) is 0 Å². The van der Waals surface area contributed by atoms with Crippen molar-refractivity contribution >= 4 is 36.5 Å². The number of hydrogen-bond donors (Lipinski definition) is 1. The van der Waals surface area contributed by atoms with Gasteiger partial charge in [0.25, 0.3) is 0 Å². The molecule has 0 saturated heterocycles. The standard InChI is InChI=1S/C19H17PS/c1-15-9-8-14-18(21)19(15)20(16-10-4-2-5-11-16)17-12-6-3-7-13-17/h2-14,21H,1H3. The first-order valence-corrected chi connectivity index (χ1v) is 8.75. The average molecular weight is 308 g/mol. The Bertz CT molecular complexity index is 663. The van der Waals surface area contributed by atoms with Crippen molar-refractivity contribution in [1.82, 2.24) is 0 Å². The first-order valence-electron chi connectivity index (χ1n) is 6.96. The van der Waals surface area contributed by atoms with Gasteiger partial charge < -0.3 is 0 Å². The molecule has 0 saturated carbocycles. The van der Waals surface area contributed by atoms with Crippen LogP contribution in [0.25, 0.3) is 0 Å². The third kappa shape index (κ3) is 3.05. The van der Waals surface area contributed by atoms with Gasteiger partial charge >= 0.3 is 0 Å². The van der Waals surface area contributed by atoms with Crippen LogP contribution in [0.15, 0.2) is 83.8 Å². The lowest BCUT2D eigenvalue weighted by atomic mass is 10.2. The summed E-state index contributed by atoms with van der Waals surface area (Å²) in [6.07, 6.45) is 0. The molecule has 0 aromatic heterocycles. The van der Waals surface area contributed by atoms with Crippen LogP contribution in [-0.4, -0.2) is 0 Å². The summed E-state index contributed by atoms with van der Waals surface area (Å²) in [5.74, 6) is 0. The SMILES string of the molecule is Cc1cccc(S)c1P(c1ccccc1)c1ccccc1. The highest BCUT2D eigenvalue weighted by Gasteiger charge is 2.19. The number of thiol groups is 1. The van der Waals surface area contributed by atoms with Crippen LogP contribution in [-0.2, 0) is 0 Å². The highest BCUT2D eigenvalue weighted by molar-refractivity contribution is 7.84. The molecule has 0 aliphatic carbocycles. The second kappa shape index (κ2) is 6.47. The van der Waals surface area contributed by atoms with E-state index in [9.17, 15) is 0 Å². The van der Waals surface area contributed by atoms with Crippen LogP contribution >= 0.6 is 20.6 Å². The average Bonchev–Trinajstić information content (AvgIpc) is 2.53. The maximum absolute atomic E-state index is 4.72. The predicted molar refractivity (Wildman–Crippen MR) is 97.1 cm³/mol. The maximum Gasteiger partial charge on any atom is 0.0126 e. The second-order valence-electron chi connectivity index (χ2n) is 4.95. The molecule has 0 aliphatic rings. The Morgan fingerprint density at radius 3 is 1.67 bits per heavy atom. The van der Waals surface area contributed by atoms with Gasteiger partial charge in [-0.05, 0) is 37.1 Å². The van der Waals surface area contributed by atoms with Gasteiger partial charge in [0.2, 0.25) is 0 Å². The van der Waals surface area contributed by atoms with Crippen molar-refractivity contribution in [2.45, 2.75) is 11.8 Å². The van der Waals surface area contributed by atoms with Gasteiger partial charge in [-0.1, -0.05) is 72.8 Å². The van der Waals surface area contributed by atoms with Gasteiger partial charge in [-0.2, -0.15) is 0 Å². The van der Waals surface area contributed by atoms with Crippen molar-refractivity contribution in [3.05, 3.63) is 84.4 Å². The van der Waals surface area contributed by atoms with Crippen molar-refractivity contribution < 1.29 is 0 Å². The molecule has 0 radical (unpaired) electrons. The summed E-state index contributed by atoms with van der Waals surface area (Å²) in [6.45, 7) is 2.18. The Morgan fingerprint density at radius 1 is 0.667 bits per heavy atom. The summed E-state index contributed by atoms with van der Waals surface area (Å²) in [5.41, 5.74) is 1.31. The number of aryl methyl sites for hydroxylation is 1. The lowest BCUT2D eigenvalue weighted by Gasteiger charge is -2.22. The molecule has 21 heavy (non-hydrogen) atoms. The summed E-state index contributed by atoms with van der Waals surface area (Å²) < 4.78 is 0. The van der Waals surface area contributed by atoms with E-state index in [4.69, 9.17) is 12.6 Å². The van der Waals surface area contributed by atoms with Gasteiger partial charge in [0.05, 0.1) is 0 Å². The van der Waals surface area contributed by atoms with Gasteiger partial charge in [-0.25, -0.2) is 0 Å². The summed E-state index contributed by atoms with van der Waals surface area (Å²) >= 11 is 4.72. The van der Waals surface area contributed by atoms with E-state index in [1.165, 1.54) is 21.5 Å². The van der Waals surface area contributed by atoms with Gasteiger partial charge in [0, 0.05) is 10.2 Å². The molecule has 0 aliphatic heterocycles. The fourth-order valence-electron chi connectivity index (χ4n) is 2.50. The van der Waals surface area contributed by atoms with Crippen LogP contribution in [0.1, 0.15) is 5.56 Å². The molecule has 0 nitrogen and oxygen atoms in total. The van der Waals surface area contributed by atoms with Crippen molar-refractivity contribution in [3.63, 3.8) is 0 Å². The molecule has 0 atom stereocenters. The van der Waals surface area contributed by atoms with Crippen LogP contribution in [0.2, 0.25) is 0 Å². The number of hydrogen-bond acceptors (Lipinski definition) is 1. The van der Waals surface area contributed by atoms with Crippen LogP contribution in [0.4, 0.5) is 0 Å². The van der Waals surface area contributed by atoms with E-state index < -0.39 is 7.92 Å². The normalized spacial score (nSPS) is 10.8. The first-order chi connectivity index (χ1) is 10.3. The molecule has 0 bridgehead atoms. The number of rotatable bonds is 3. The fourth-order valence-corrected chi connectivity index (χ4v) is 5.54. The van der Waals surface area contributed by atoms with E-state index in [2.05, 4.69) is 85.8 Å². The minimum Gasteiger partial charge on any atom is -0.143 e. The molecule has 2 heteroatoms. The summed E-state index contributed by atoms with van der Waals surface area (Å²) in [6, 6.07) is 27.8. The molecule has 104 valence electrons. The van der Waals surface area contributed by atoms with E-state index >= 15 is 0 Å². The molecule has 0 heterocycles. The molecule has 0 spiro atoms. The Morgan fingerprint density at radius 2 is 1.19 bits per heavy atom. The maximum atomic E-state index is 4.72. The summed E-state index contributed by atoms with van der Waals surface area (Å²) in [4.78, 5) is 1.08. The third-order valence-corrected chi connectivity index (χ3v) is 6.69. The largest absolute Gasteiger partial charge is 0.143 e. The Balaban J connectivity index is 2.23. The van der Waals surface area contributed by atoms with Gasteiger partial charge in [0.1, 0.15) is 0 Å². The van der Waals surface area contributed by atoms with Crippen LogP contribution in [0.3, 0.4) is 0 Å². The molecular formula is C19H17PS. The Kier molecular flexibility index (Phi) is 4.43. The quantitative estimate of drug-likeness (QED) is 0.548. The van der Waals surface area contributed by atoms with E-state index in [-0.39, 0.29) is 0 Å². The minimum atomic E-state index is -0.564. The van der Waals surface area contributed by atoms with E-state index in [0.717, 1.165) is 4.90 Å². The molecule has 3 aromatic rings. The van der Waals surface area contributed by atoms with Crippen molar-refractivity contribution in [2.24, 2.45) is 0 Å². The van der Waals surface area contributed by atoms with Gasteiger partial charge in [-0.3, -0.25) is 0 Å². The zero-order valence-corrected chi connectivity index (χ0v) is 13.7. The molecule has 3 rings (SSSR count). The molecule has 0 unspecified atom stereocenters. The summed E-state index contributed by atoms with van der Waals surface area (Å²) in [7, 11) is -0.564. The van der Waals surface area contributed by atoms with E-state index in [0.29, 0.717) is 0 Å². The molecular weight excluding hydrogens is 291 g/mol. The number of benzene rings is 3. The topological polar surface area (TPSA) is 0 Å². The summed E-state index contributed by atoms with van der Waals surface area (Å²) in [5, 5.41) is 4.08. The lowest BCUT2D eigenvalue weighted by Crippen LogP contribution is -2.23. The highest BCUT2D eigenvalue weighted by Crippen LogP contribution is 2.36. The van der Waals surface area contributed by atoms with Crippen molar-refractivity contribution in [1.29, 1.82) is 0 Å². The molecule has 0 fully saturated rings. The van der Waals surface area contributed by atoms with Crippen molar-refractivity contribution in [3.8, 4) is 0 Å². The Labute approximate surface area is 133 Å². The van der Waals surface area contributed by atoms with Gasteiger partial charge in [0.15, 0.2) is 0 Å². The fraction of sp³-hybridized carbons (Fsp3) is 0.0526. The van der Waals surface area contributed by atoms with Gasteiger partial charge in [-0.15, -0.1) is 12.6 Å².